The number of rotatable bonds is 4. The highest BCUT2D eigenvalue weighted by Gasteiger charge is 2.32. The summed E-state index contributed by atoms with van der Waals surface area (Å²) in [5.74, 6) is 1.11. The fraction of sp³-hybridized carbons (Fsp3) is 0.471. The second-order valence-corrected chi connectivity index (χ2v) is 6.34. The van der Waals surface area contributed by atoms with Crippen LogP contribution >= 0.6 is 11.6 Å². The van der Waals surface area contributed by atoms with Crippen LogP contribution in [-0.2, 0) is 4.79 Å². The highest BCUT2D eigenvalue weighted by atomic mass is 35.5. The SMILES string of the molecule is C[C@H](Oc1ccc(Cl)cc1)C(=O)N1CCCCC[C@@H]1c1ncon1. The van der Waals surface area contributed by atoms with E-state index in [2.05, 4.69) is 10.1 Å². The van der Waals surface area contributed by atoms with Crippen molar-refractivity contribution in [3.8, 4) is 5.75 Å². The van der Waals surface area contributed by atoms with Crippen molar-refractivity contribution in [3.63, 3.8) is 0 Å². The number of nitrogens with zero attached hydrogens (tertiary/aromatic N) is 3. The van der Waals surface area contributed by atoms with E-state index in [1.807, 2.05) is 4.90 Å². The summed E-state index contributed by atoms with van der Waals surface area (Å²) >= 11 is 5.87. The maximum absolute atomic E-state index is 12.9. The summed E-state index contributed by atoms with van der Waals surface area (Å²) in [6.45, 7) is 2.43. The summed E-state index contributed by atoms with van der Waals surface area (Å²) in [6, 6.07) is 6.83. The number of carbonyl (C=O) groups excluding carboxylic acids is 1. The highest BCUT2D eigenvalue weighted by molar-refractivity contribution is 6.30. The number of hydrogen-bond acceptors (Lipinski definition) is 5. The summed E-state index contributed by atoms with van der Waals surface area (Å²) in [5, 5.41) is 4.56. The molecule has 1 saturated heterocycles. The van der Waals surface area contributed by atoms with Crippen molar-refractivity contribution in [3.05, 3.63) is 41.5 Å². The summed E-state index contributed by atoms with van der Waals surface area (Å²) in [7, 11) is 0. The molecule has 1 aliphatic heterocycles. The van der Waals surface area contributed by atoms with Gasteiger partial charge in [-0.1, -0.05) is 29.6 Å². The first kappa shape index (κ1) is 16.8. The molecule has 0 saturated carbocycles. The van der Waals surface area contributed by atoms with Crippen LogP contribution in [0.4, 0.5) is 0 Å². The van der Waals surface area contributed by atoms with Gasteiger partial charge < -0.3 is 14.2 Å². The molecule has 3 rings (SSSR count). The molecular formula is C17H20ClN3O3. The summed E-state index contributed by atoms with van der Waals surface area (Å²) in [4.78, 5) is 18.9. The van der Waals surface area contributed by atoms with Crippen LogP contribution in [0.3, 0.4) is 0 Å². The van der Waals surface area contributed by atoms with E-state index < -0.39 is 6.10 Å². The first-order valence-electron chi connectivity index (χ1n) is 8.14. The molecule has 24 heavy (non-hydrogen) atoms. The molecule has 2 atom stereocenters. The molecule has 1 fully saturated rings. The van der Waals surface area contributed by atoms with Crippen molar-refractivity contribution >= 4 is 17.5 Å². The Balaban J connectivity index is 1.73. The quantitative estimate of drug-likeness (QED) is 0.843. The smallest absolute Gasteiger partial charge is 0.263 e. The molecule has 6 nitrogen and oxygen atoms in total. The van der Waals surface area contributed by atoms with Crippen LogP contribution in [0.1, 0.15) is 44.5 Å². The van der Waals surface area contributed by atoms with Crippen molar-refractivity contribution < 1.29 is 14.1 Å². The molecule has 2 aromatic rings. The van der Waals surface area contributed by atoms with E-state index in [4.69, 9.17) is 20.9 Å². The molecule has 1 aromatic heterocycles. The Labute approximate surface area is 145 Å². The van der Waals surface area contributed by atoms with Gasteiger partial charge in [-0.15, -0.1) is 0 Å². The Kier molecular flexibility index (Phi) is 5.35. The lowest BCUT2D eigenvalue weighted by molar-refractivity contribution is -0.140. The van der Waals surface area contributed by atoms with Crippen molar-refractivity contribution in [2.45, 2.75) is 44.8 Å². The third-order valence-electron chi connectivity index (χ3n) is 4.19. The Morgan fingerprint density at radius 1 is 1.33 bits per heavy atom. The zero-order chi connectivity index (χ0) is 16.9. The number of carbonyl (C=O) groups is 1. The molecule has 1 amide bonds. The summed E-state index contributed by atoms with van der Waals surface area (Å²) in [6.07, 6.45) is 4.63. The van der Waals surface area contributed by atoms with E-state index >= 15 is 0 Å². The summed E-state index contributed by atoms with van der Waals surface area (Å²) in [5.41, 5.74) is 0. The fourth-order valence-electron chi connectivity index (χ4n) is 2.97. The lowest BCUT2D eigenvalue weighted by Gasteiger charge is -2.30. The van der Waals surface area contributed by atoms with Crippen LogP contribution < -0.4 is 4.74 Å². The lowest BCUT2D eigenvalue weighted by atomic mass is 10.1. The molecule has 2 heterocycles. The average Bonchev–Trinajstić information content (AvgIpc) is 3.01. The number of halogens is 1. The van der Waals surface area contributed by atoms with Crippen molar-refractivity contribution in [2.75, 3.05) is 6.54 Å². The standard InChI is InChI=1S/C17H20ClN3O3/c1-12(24-14-8-6-13(18)7-9-14)17(22)21-10-4-2-3-5-15(21)16-19-11-23-20-16/h6-9,11-12,15H,2-5,10H2,1H3/t12-,15+/m0/s1. The van der Waals surface area contributed by atoms with E-state index in [1.165, 1.54) is 6.39 Å². The largest absolute Gasteiger partial charge is 0.481 e. The number of hydrogen-bond donors (Lipinski definition) is 0. The van der Waals surface area contributed by atoms with Crippen molar-refractivity contribution in [1.29, 1.82) is 0 Å². The van der Waals surface area contributed by atoms with Crippen molar-refractivity contribution in [2.24, 2.45) is 0 Å². The Bertz CT molecular complexity index is 660. The highest BCUT2D eigenvalue weighted by Crippen LogP contribution is 2.29. The fourth-order valence-corrected chi connectivity index (χ4v) is 3.09. The van der Waals surface area contributed by atoms with E-state index in [0.29, 0.717) is 23.1 Å². The van der Waals surface area contributed by atoms with E-state index in [9.17, 15) is 4.79 Å². The van der Waals surface area contributed by atoms with Crippen LogP contribution in [-0.4, -0.2) is 33.6 Å². The average molecular weight is 350 g/mol. The van der Waals surface area contributed by atoms with Gasteiger partial charge >= 0.3 is 0 Å². The number of ether oxygens (including phenoxy) is 1. The lowest BCUT2D eigenvalue weighted by Crippen LogP contribution is -2.43. The third kappa shape index (κ3) is 3.87. The first-order chi connectivity index (χ1) is 11.6. The second-order valence-electron chi connectivity index (χ2n) is 5.90. The van der Waals surface area contributed by atoms with Crippen molar-refractivity contribution in [1.82, 2.24) is 15.0 Å². The minimum Gasteiger partial charge on any atom is -0.481 e. The van der Waals surface area contributed by atoms with Gasteiger partial charge in [0.1, 0.15) is 5.75 Å². The van der Waals surface area contributed by atoms with Gasteiger partial charge in [0.15, 0.2) is 11.9 Å². The Morgan fingerprint density at radius 3 is 2.83 bits per heavy atom. The zero-order valence-corrected chi connectivity index (χ0v) is 14.3. The van der Waals surface area contributed by atoms with Crippen LogP contribution in [0.15, 0.2) is 35.2 Å². The second kappa shape index (κ2) is 7.66. The minimum atomic E-state index is -0.598. The first-order valence-corrected chi connectivity index (χ1v) is 8.52. The van der Waals surface area contributed by atoms with Crippen LogP contribution in [0.2, 0.25) is 5.02 Å². The van der Waals surface area contributed by atoms with Gasteiger partial charge in [0, 0.05) is 11.6 Å². The van der Waals surface area contributed by atoms with Gasteiger partial charge in [-0.2, -0.15) is 4.98 Å². The van der Waals surface area contributed by atoms with Gasteiger partial charge in [0.2, 0.25) is 6.39 Å². The number of benzene rings is 1. The van der Waals surface area contributed by atoms with Crippen LogP contribution in [0, 0.1) is 0 Å². The van der Waals surface area contributed by atoms with E-state index in [-0.39, 0.29) is 11.9 Å². The molecule has 1 aliphatic rings. The van der Waals surface area contributed by atoms with Gasteiger partial charge in [-0.25, -0.2) is 0 Å². The Morgan fingerprint density at radius 2 is 2.12 bits per heavy atom. The monoisotopic (exact) mass is 349 g/mol. The molecule has 128 valence electrons. The number of likely N-dealkylation sites (tertiary alicyclic amines) is 1. The van der Waals surface area contributed by atoms with Gasteiger partial charge in [-0.05, 0) is 44.0 Å². The van der Waals surface area contributed by atoms with Crippen LogP contribution in [0.25, 0.3) is 0 Å². The number of aromatic nitrogens is 2. The van der Waals surface area contributed by atoms with Gasteiger partial charge in [-0.3, -0.25) is 4.79 Å². The van der Waals surface area contributed by atoms with Crippen LogP contribution in [0.5, 0.6) is 5.75 Å². The van der Waals surface area contributed by atoms with Gasteiger partial charge in [0.05, 0.1) is 6.04 Å². The molecule has 1 aromatic carbocycles. The molecule has 0 aliphatic carbocycles. The maximum atomic E-state index is 12.9. The molecule has 0 radical (unpaired) electrons. The zero-order valence-electron chi connectivity index (χ0n) is 13.5. The van der Waals surface area contributed by atoms with E-state index in [0.717, 1.165) is 25.7 Å². The maximum Gasteiger partial charge on any atom is 0.263 e. The predicted octanol–water partition coefficient (Wildman–Crippen LogP) is 3.63. The Hall–Kier alpha value is -2.08. The minimum absolute atomic E-state index is 0.0679. The molecule has 0 N–H and O–H groups in total. The summed E-state index contributed by atoms with van der Waals surface area (Å²) < 4.78 is 10.6. The third-order valence-corrected chi connectivity index (χ3v) is 4.44. The molecule has 0 spiro atoms. The molecule has 7 heteroatoms. The topological polar surface area (TPSA) is 68.5 Å². The van der Waals surface area contributed by atoms with Gasteiger partial charge in [0.25, 0.3) is 5.91 Å². The normalized spacial score (nSPS) is 19.6. The number of amides is 1. The molecule has 0 bridgehead atoms. The van der Waals surface area contributed by atoms with E-state index in [1.54, 1.807) is 31.2 Å². The molecule has 0 unspecified atom stereocenters. The molecular weight excluding hydrogens is 330 g/mol. The predicted molar refractivity (Wildman–Crippen MR) is 88.8 cm³/mol.